The second-order valence-corrected chi connectivity index (χ2v) is 7.81. The molecule has 6 nitrogen and oxygen atoms in total. The van der Waals surface area contributed by atoms with Gasteiger partial charge in [0, 0.05) is 43.1 Å². The largest absolute Gasteiger partial charge is 0.378 e. The minimum atomic E-state index is -0.428. The van der Waals surface area contributed by atoms with Crippen LogP contribution in [0.15, 0.2) is 48.5 Å². The molecule has 5 rings (SSSR count). The van der Waals surface area contributed by atoms with Gasteiger partial charge in [-0.25, -0.2) is 0 Å². The first-order valence-corrected chi connectivity index (χ1v) is 10.4. The highest BCUT2D eigenvalue weighted by atomic mass is 16.5. The minimum Gasteiger partial charge on any atom is -0.378 e. The molecule has 150 valence electrons. The molecular weight excluding hydrogens is 366 g/mol. The molecule has 3 aliphatic heterocycles. The standard InChI is InChI=1S/C23H25N3O3/c27-22-9-8-20(26(22)18-4-2-1-3-5-18)23(28)25-11-10-17-6-7-19(16-21(17)25)24-12-14-29-15-13-24/h1-7,16,20H,8-15H2. The number of anilines is 3. The molecule has 0 aliphatic carbocycles. The van der Waals surface area contributed by atoms with Crippen molar-refractivity contribution in [2.24, 2.45) is 0 Å². The molecule has 29 heavy (non-hydrogen) atoms. The molecule has 0 bridgehead atoms. The molecule has 0 aromatic heterocycles. The van der Waals surface area contributed by atoms with Crippen LogP contribution < -0.4 is 14.7 Å². The lowest BCUT2D eigenvalue weighted by atomic mass is 10.1. The number of para-hydroxylation sites is 1. The van der Waals surface area contributed by atoms with Crippen LogP contribution in [0.4, 0.5) is 17.1 Å². The topological polar surface area (TPSA) is 53.1 Å². The molecule has 3 heterocycles. The zero-order chi connectivity index (χ0) is 19.8. The van der Waals surface area contributed by atoms with Gasteiger partial charge in [0.25, 0.3) is 0 Å². The van der Waals surface area contributed by atoms with E-state index in [0.29, 0.717) is 19.4 Å². The number of amides is 2. The summed E-state index contributed by atoms with van der Waals surface area (Å²) in [7, 11) is 0. The Balaban J connectivity index is 1.42. The van der Waals surface area contributed by atoms with Crippen molar-refractivity contribution in [3.8, 4) is 0 Å². The summed E-state index contributed by atoms with van der Waals surface area (Å²) in [5, 5.41) is 0. The van der Waals surface area contributed by atoms with Gasteiger partial charge in [-0.15, -0.1) is 0 Å². The number of rotatable bonds is 3. The summed E-state index contributed by atoms with van der Waals surface area (Å²) in [6, 6.07) is 15.5. The number of morpholine rings is 1. The molecule has 6 heteroatoms. The highest BCUT2D eigenvalue weighted by Crippen LogP contribution is 2.35. The highest BCUT2D eigenvalue weighted by molar-refractivity contribution is 6.09. The molecule has 2 saturated heterocycles. The van der Waals surface area contributed by atoms with E-state index in [1.807, 2.05) is 35.2 Å². The van der Waals surface area contributed by atoms with Gasteiger partial charge in [-0.3, -0.25) is 14.5 Å². The van der Waals surface area contributed by atoms with Crippen LogP contribution in [0.5, 0.6) is 0 Å². The van der Waals surface area contributed by atoms with Crippen LogP contribution >= 0.6 is 0 Å². The summed E-state index contributed by atoms with van der Waals surface area (Å²) < 4.78 is 5.46. The van der Waals surface area contributed by atoms with Crippen LogP contribution in [0.1, 0.15) is 18.4 Å². The van der Waals surface area contributed by atoms with Crippen LogP contribution in [-0.2, 0) is 20.7 Å². The maximum absolute atomic E-state index is 13.5. The number of carbonyl (C=O) groups is 2. The number of benzene rings is 2. The van der Waals surface area contributed by atoms with Gasteiger partial charge in [-0.1, -0.05) is 24.3 Å². The molecule has 0 saturated carbocycles. The van der Waals surface area contributed by atoms with E-state index in [1.54, 1.807) is 4.90 Å². The van der Waals surface area contributed by atoms with Gasteiger partial charge in [0.1, 0.15) is 6.04 Å². The Kier molecular flexibility index (Phi) is 4.72. The predicted octanol–water partition coefficient (Wildman–Crippen LogP) is 2.61. The molecule has 1 atom stereocenters. The van der Waals surface area contributed by atoms with Crippen molar-refractivity contribution in [2.45, 2.75) is 25.3 Å². The average Bonchev–Trinajstić information content (AvgIpc) is 3.37. The van der Waals surface area contributed by atoms with Crippen LogP contribution in [0.3, 0.4) is 0 Å². The number of nitrogens with zero attached hydrogens (tertiary/aromatic N) is 3. The van der Waals surface area contributed by atoms with Crippen LogP contribution in [-0.4, -0.2) is 50.7 Å². The Morgan fingerprint density at radius 1 is 0.931 bits per heavy atom. The lowest BCUT2D eigenvalue weighted by Gasteiger charge is -2.31. The fraction of sp³-hybridized carbons (Fsp3) is 0.391. The Morgan fingerprint density at radius 3 is 2.52 bits per heavy atom. The van der Waals surface area contributed by atoms with Gasteiger partial charge in [-0.05, 0) is 42.7 Å². The molecule has 0 spiro atoms. The van der Waals surface area contributed by atoms with Crippen LogP contribution in [0.25, 0.3) is 0 Å². The Bertz CT molecular complexity index is 924. The summed E-state index contributed by atoms with van der Waals surface area (Å²) in [6.07, 6.45) is 1.85. The fourth-order valence-electron chi connectivity index (χ4n) is 4.62. The fourth-order valence-corrected chi connectivity index (χ4v) is 4.62. The molecule has 0 N–H and O–H groups in total. The summed E-state index contributed by atoms with van der Waals surface area (Å²) in [5.74, 6) is 0.0496. The van der Waals surface area contributed by atoms with Crippen molar-refractivity contribution in [3.05, 3.63) is 54.1 Å². The molecule has 3 aliphatic rings. The minimum absolute atomic E-state index is 0.0241. The van der Waals surface area contributed by atoms with E-state index in [9.17, 15) is 9.59 Å². The number of hydrogen-bond donors (Lipinski definition) is 0. The van der Waals surface area contributed by atoms with E-state index in [1.165, 1.54) is 5.56 Å². The lowest BCUT2D eigenvalue weighted by molar-refractivity contribution is -0.122. The normalized spacial score (nSPS) is 21.6. The monoisotopic (exact) mass is 391 g/mol. The highest BCUT2D eigenvalue weighted by Gasteiger charge is 2.41. The van der Waals surface area contributed by atoms with Crippen molar-refractivity contribution < 1.29 is 14.3 Å². The van der Waals surface area contributed by atoms with Crippen molar-refractivity contribution >= 4 is 28.9 Å². The second kappa shape index (κ2) is 7.52. The van der Waals surface area contributed by atoms with E-state index in [4.69, 9.17) is 4.74 Å². The number of carbonyl (C=O) groups excluding carboxylic acids is 2. The SMILES string of the molecule is O=C(C1CCC(=O)N1c1ccccc1)N1CCc2ccc(N3CCOCC3)cc21. The number of hydrogen-bond acceptors (Lipinski definition) is 4. The summed E-state index contributed by atoms with van der Waals surface area (Å²) >= 11 is 0. The quantitative estimate of drug-likeness (QED) is 0.807. The van der Waals surface area contributed by atoms with Gasteiger partial charge < -0.3 is 14.5 Å². The Hall–Kier alpha value is -2.86. The lowest BCUT2D eigenvalue weighted by Crippen LogP contribution is -2.46. The molecular formula is C23H25N3O3. The average molecular weight is 391 g/mol. The predicted molar refractivity (Wildman–Crippen MR) is 112 cm³/mol. The zero-order valence-electron chi connectivity index (χ0n) is 16.4. The molecule has 0 radical (unpaired) electrons. The van der Waals surface area contributed by atoms with Crippen molar-refractivity contribution in [3.63, 3.8) is 0 Å². The van der Waals surface area contributed by atoms with Gasteiger partial charge in [0.15, 0.2) is 0 Å². The van der Waals surface area contributed by atoms with Gasteiger partial charge in [-0.2, -0.15) is 0 Å². The van der Waals surface area contributed by atoms with E-state index in [-0.39, 0.29) is 11.8 Å². The van der Waals surface area contributed by atoms with Crippen LogP contribution in [0, 0.1) is 0 Å². The first kappa shape index (κ1) is 18.2. The maximum Gasteiger partial charge on any atom is 0.250 e. The zero-order valence-corrected chi connectivity index (χ0v) is 16.4. The Labute approximate surface area is 170 Å². The third kappa shape index (κ3) is 3.27. The van der Waals surface area contributed by atoms with Gasteiger partial charge in [0.05, 0.1) is 13.2 Å². The number of fused-ring (bicyclic) bond motifs is 1. The van der Waals surface area contributed by atoms with Crippen molar-refractivity contribution in [2.75, 3.05) is 47.5 Å². The first-order chi connectivity index (χ1) is 14.2. The molecule has 2 fully saturated rings. The molecule has 2 amide bonds. The van der Waals surface area contributed by atoms with Crippen molar-refractivity contribution in [1.29, 1.82) is 0 Å². The molecule has 2 aromatic rings. The number of ether oxygens (including phenoxy) is 1. The van der Waals surface area contributed by atoms with E-state index in [0.717, 1.165) is 49.8 Å². The first-order valence-electron chi connectivity index (χ1n) is 10.4. The summed E-state index contributed by atoms with van der Waals surface area (Å²) in [4.78, 5) is 32.0. The summed E-state index contributed by atoms with van der Waals surface area (Å²) in [5.41, 5.74) is 4.13. The van der Waals surface area contributed by atoms with Gasteiger partial charge >= 0.3 is 0 Å². The Morgan fingerprint density at radius 2 is 1.72 bits per heavy atom. The van der Waals surface area contributed by atoms with Crippen LogP contribution in [0.2, 0.25) is 0 Å². The second-order valence-electron chi connectivity index (χ2n) is 7.81. The van der Waals surface area contributed by atoms with E-state index in [2.05, 4.69) is 23.1 Å². The van der Waals surface area contributed by atoms with E-state index >= 15 is 0 Å². The third-order valence-electron chi connectivity index (χ3n) is 6.14. The third-order valence-corrected chi connectivity index (χ3v) is 6.14. The van der Waals surface area contributed by atoms with Gasteiger partial charge in [0.2, 0.25) is 11.8 Å². The van der Waals surface area contributed by atoms with Crippen molar-refractivity contribution in [1.82, 2.24) is 0 Å². The molecule has 1 unspecified atom stereocenters. The smallest absolute Gasteiger partial charge is 0.250 e. The van der Waals surface area contributed by atoms with E-state index < -0.39 is 6.04 Å². The summed E-state index contributed by atoms with van der Waals surface area (Å²) in [6.45, 7) is 3.87. The molecule has 2 aromatic carbocycles. The maximum atomic E-state index is 13.5.